The average molecular weight is 359 g/mol. The molecule has 1 aliphatic heterocycles. The highest BCUT2D eigenvalue weighted by Crippen LogP contribution is 2.34. The SMILES string of the molecule is COc1cc2nc(Cl)nc(NC3CCNCC3)c2cc1OC.Cl. The Bertz CT molecular complexity index is 678. The Labute approximate surface area is 146 Å². The smallest absolute Gasteiger partial charge is 0.224 e. The van der Waals surface area contributed by atoms with Crippen molar-refractivity contribution in [3.05, 3.63) is 17.4 Å². The zero-order valence-corrected chi connectivity index (χ0v) is 14.6. The van der Waals surface area contributed by atoms with Crippen LogP contribution in [-0.4, -0.2) is 43.3 Å². The van der Waals surface area contributed by atoms with Gasteiger partial charge in [-0.3, -0.25) is 0 Å². The summed E-state index contributed by atoms with van der Waals surface area (Å²) >= 11 is 6.06. The lowest BCUT2D eigenvalue weighted by Gasteiger charge is -2.24. The number of rotatable bonds is 4. The van der Waals surface area contributed by atoms with Gasteiger partial charge in [0.2, 0.25) is 5.28 Å². The van der Waals surface area contributed by atoms with Crippen LogP contribution in [0.2, 0.25) is 5.28 Å². The maximum Gasteiger partial charge on any atom is 0.224 e. The predicted molar refractivity (Wildman–Crippen MR) is 94.4 cm³/mol. The minimum Gasteiger partial charge on any atom is -0.493 e. The van der Waals surface area contributed by atoms with Crippen molar-refractivity contribution in [1.29, 1.82) is 0 Å². The van der Waals surface area contributed by atoms with E-state index in [1.165, 1.54) is 0 Å². The van der Waals surface area contributed by atoms with Gasteiger partial charge in [-0.1, -0.05) is 0 Å². The second kappa shape index (κ2) is 7.86. The van der Waals surface area contributed by atoms with Crippen molar-refractivity contribution in [3.63, 3.8) is 0 Å². The third kappa shape index (κ3) is 3.88. The van der Waals surface area contributed by atoms with Crippen LogP contribution in [0.1, 0.15) is 12.8 Å². The summed E-state index contributed by atoms with van der Waals surface area (Å²) in [4.78, 5) is 8.63. The van der Waals surface area contributed by atoms with Crippen molar-refractivity contribution in [2.24, 2.45) is 0 Å². The number of ether oxygens (including phenoxy) is 2. The van der Waals surface area contributed by atoms with E-state index in [2.05, 4.69) is 20.6 Å². The largest absolute Gasteiger partial charge is 0.493 e. The first-order valence-corrected chi connectivity index (χ1v) is 7.65. The normalized spacial score (nSPS) is 15.1. The molecular weight excluding hydrogens is 339 g/mol. The van der Waals surface area contributed by atoms with E-state index in [9.17, 15) is 0 Å². The summed E-state index contributed by atoms with van der Waals surface area (Å²) in [6.45, 7) is 2.01. The third-order valence-electron chi connectivity index (χ3n) is 3.85. The molecule has 2 aromatic rings. The van der Waals surface area contributed by atoms with Gasteiger partial charge in [-0.2, -0.15) is 0 Å². The van der Waals surface area contributed by atoms with Gasteiger partial charge < -0.3 is 20.1 Å². The van der Waals surface area contributed by atoms with Crippen LogP contribution >= 0.6 is 24.0 Å². The molecule has 0 saturated carbocycles. The number of benzene rings is 1. The molecule has 1 saturated heterocycles. The molecule has 0 amide bonds. The molecule has 0 unspecified atom stereocenters. The zero-order valence-electron chi connectivity index (χ0n) is 13.1. The quantitative estimate of drug-likeness (QED) is 0.819. The van der Waals surface area contributed by atoms with Gasteiger partial charge in [0.05, 0.1) is 19.7 Å². The molecule has 0 aliphatic carbocycles. The standard InChI is InChI=1S/C15H19ClN4O2.ClH/c1-21-12-7-10-11(8-13(12)22-2)19-15(16)20-14(10)18-9-3-5-17-6-4-9;/h7-9,17H,3-6H2,1-2H3,(H,18,19,20);1H. The maximum atomic E-state index is 6.06. The Morgan fingerprint density at radius 3 is 2.43 bits per heavy atom. The molecule has 2 heterocycles. The first-order chi connectivity index (χ1) is 10.7. The lowest BCUT2D eigenvalue weighted by atomic mass is 10.1. The molecule has 0 spiro atoms. The van der Waals surface area contributed by atoms with E-state index in [4.69, 9.17) is 21.1 Å². The average Bonchev–Trinajstić information content (AvgIpc) is 2.54. The third-order valence-corrected chi connectivity index (χ3v) is 4.02. The van der Waals surface area contributed by atoms with Gasteiger partial charge in [0, 0.05) is 17.5 Å². The Balaban J connectivity index is 0.00000192. The summed E-state index contributed by atoms with van der Waals surface area (Å²) < 4.78 is 10.7. The summed E-state index contributed by atoms with van der Waals surface area (Å²) in [6.07, 6.45) is 2.10. The van der Waals surface area contributed by atoms with Crippen molar-refractivity contribution >= 4 is 40.7 Å². The molecule has 1 fully saturated rings. The van der Waals surface area contributed by atoms with E-state index in [0.29, 0.717) is 17.5 Å². The van der Waals surface area contributed by atoms with Gasteiger partial charge >= 0.3 is 0 Å². The fourth-order valence-corrected chi connectivity index (χ4v) is 2.87. The number of anilines is 1. The Kier molecular flexibility index (Phi) is 6.10. The minimum atomic E-state index is 0. The number of halogens is 2. The topological polar surface area (TPSA) is 68.3 Å². The van der Waals surface area contributed by atoms with Crippen LogP contribution in [0.15, 0.2) is 12.1 Å². The summed E-state index contributed by atoms with van der Waals surface area (Å²) in [5, 5.41) is 7.92. The number of piperidine rings is 1. The van der Waals surface area contributed by atoms with Gasteiger partial charge in [-0.05, 0) is 43.6 Å². The molecule has 0 atom stereocenters. The van der Waals surface area contributed by atoms with Crippen molar-refractivity contribution < 1.29 is 9.47 Å². The highest BCUT2D eigenvalue weighted by Gasteiger charge is 2.17. The minimum absolute atomic E-state index is 0. The van der Waals surface area contributed by atoms with Crippen LogP contribution in [-0.2, 0) is 0 Å². The van der Waals surface area contributed by atoms with Crippen LogP contribution in [0.5, 0.6) is 11.5 Å². The molecule has 1 aromatic heterocycles. The van der Waals surface area contributed by atoms with E-state index in [0.717, 1.165) is 42.7 Å². The second-order valence-electron chi connectivity index (χ2n) is 5.23. The van der Waals surface area contributed by atoms with Gasteiger partial charge in [0.25, 0.3) is 0 Å². The van der Waals surface area contributed by atoms with E-state index < -0.39 is 0 Å². The van der Waals surface area contributed by atoms with Crippen molar-refractivity contribution in [2.75, 3.05) is 32.6 Å². The van der Waals surface area contributed by atoms with Crippen LogP contribution in [0, 0.1) is 0 Å². The molecule has 8 heteroatoms. The van der Waals surface area contributed by atoms with Crippen LogP contribution in [0.4, 0.5) is 5.82 Å². The number of methoxy groups -OCH3 is 2. The van der Waals surface area contributed by atoms with Crippen molar-refractivity contribution in [2.45, 2.75) is 18.9 Å². The molecule has 1 aromatic carbocycles. The molecule has 1 aliphatic rings. The number of hydrogen-bond acceptors (Lipinski definition) is 6. The lowest BCUT2D eigenvalue weighted by molar-refractivity contribution is 0.356. The molecule has 0 bridgehead atoms. The number of nitrogens with one attached hydrogen (secondary N) is 2. The molecule has 6 nitrogen and oxygen atoms in total. The molecule has 126 valence electrons. The Hall–Kier alpha value is -1.50. The fraction of sp³-hybridized carbons (Fsp3) is 0.467. The number of nitrogens with zero attached hydrogens (tertiary/aromatic N) is 2. The molecule has 23 heavy (non-hydrogen) atoms. The van der Waals surface area contributed by atoms with Crippen molar-refractivity contribution in [3.8, 4) is 11.5 Å². The first-order valence-electron chi connectivity index (χ1n) is 7.28. The van der Waals surface area contributed by atoms with Gasteiger partial charge in [0.1, 0.15) is 5.82 Å². The van der Waals surface area contributed by atoms with Crippen LogP contribution in [0.3, 0.4) is 0 Å². The molecule has 2 N–H and O–H groups in total. The van der Waals surface area contributed by atoms with Crippen LogP contribution in [0.25, 0.3) is 10.9 Å². The summed E-state index contributed by atoms with van der Waals surface area (Å²) in [5.74, 6) is 2.01. The summed E-state index contributed by atoms with van der Waals surface area (Å²) in [7, 11) is 3.21. The Morgan fingerprint density at radius 2 is 1.78 bits per heavy atom. The van der Waals surface area contributed by atoms with E-state index in [1.807, 2.05) is 12.1 Å². The van der Waals surface area contributed by atoms with E-state index >= 15 is 0 Å². The highest BCUT2D eigenvalue weighted by atomic mass is 35.5. The summed E-state index contributed by atoms with van der Waals surface area (Å²) in [5.41, 5.74) is 0.731. The molecular formula is C15H20Cl2N4O2. The van der Waals surface area contributed by atoms with Gasteiger partial charge in [-0.15, -0.1) is 12.4 Å². The number of hydrogen-bond donors (Lipinski definition) is 2. The van der Waals surface area contributed by atoms with Crippen LogP contribution < -0.4 is 20.1 Å². The summed E-state index contributed by atoms with van der Waals surface area (Å²) in [6, 6.07) is 4.08. The predicted octanol–water partition coefficient (Wildman–Crippen LogP) is 2.89. The number of aromatic nitrogens is 2. The molecule has 0 radical (unpaired) electrons. The lowest BCUT2D eigenvalue weighted by Crippen LogP contribution is -2.35. The van der Waals surface area contributed by atoms with Gasteiger partial charge in [-0.25, -0.2) is 9.97 Å². The zero-order chi connectivity index (χ0) is 15.5. The molecule has 3 rings (SSSR count). The van der Waals surface area contributed by atoms with Gasteiger partial charge in [0.15, 0.2) is 11.5 Å². The second-order valence-corrected chi connectivity index (χ2v) is 5.57. The van der Waals surface area contributed by atoms with Crippen molar-refractivity contribution in [1.82, 2.24) is 15.3 Å². The highest BCUT2D eigenvalue weighted by molar-refractivity contribution is 6.28. The Morgan fingerprint density at radius 1 is 1.13 bits per heavy atom. The maximum absolute atomic E-state index is 6.06. The van der Waals surface area contributed by atoms with E-state index in [-0.39, 0.29) is 17.7 Å². The fourth-order valence-electron chi connectivity index (χ4n) is 2.70. The first kappa shape index (κ1) is 17.8. The number of fused-ring (bicyclic) bond motifs is 1. The van der Waals surface area contributed by atoms with E-state index in [1.54, 1.807) is 14.2 Å². The monoisotopic (exact) mass is 358 g/mol.